The number of halogens is 1. The number of nitrogens with one attached hydrogen (secondary N) is 1. The Morgan fingerprint density at radius 2 is 2.46 bits per heavy atom. The quantitative estimate of drug-likeness (QED) is 0.722. The van der Waals surface area contributed by atoms with E-state index >= 15 is 0 Å². The first-order valence-corrected chi connectivity index (χ1v) is 4.54. The highest BCUT2D eigenvalue weighted by Crippen LogP contribution is 2.00. The van der Waals surface area contributed by atoms with Gasteiger partial charge in [-0.1, -0.05) is 18.5 Å². The Hall–Kier alpha value is -0.870. The van der Waals surface area contributed by atoms with Gasteiger partial charge in [0.2, 0.25) is 0 Å². The molecule has 0 atom stereocenters. The van der Waals surface area contributed by atoms with E-state index in [1.807, 2.05) is 6.92 Å². The molecule has 0 aliphatic carbocycles. The molecule has 0 fully saturated rings. The number of rotatable bonds is 4. The smallest absolute Gasteiger partial charge is 0.315 e. The molecule has 13 heavy (non-hydrogen) atoms. The molecule has 4 nitrogen and oxygen atoms in total. The van der Waals surface area contributed by atoms with Gasteiger partial charge in [-0.2, -0.15) is 0 Å². The molecule has 0 aromatic carbocycles. The third kappa shape index (κ3) is 3.16. The van der Waals surface area contributed by atoms with E-state index in [0.717, 1.165) is 13.1 Å². The van der Waals surface area contributed by atoms with Crippen LogP contribution in [0, 0.1) is 0 Å². The van der Waals surface area contributed by atoms with Crippen LogP contribution >= 0.6 is 11.6 Å². The van der Waals surface area contributed by atoms with Crippen molar-refractivity contribution in [1.82, 2.24) is 14.9 Å². The highest BCUT2D eigenvalue weighted by atomic mass is 35.5. The second kappa shape index (κ2) is 4.99. The maximum absolute atomic E-state index is 11.1. The Balaban J connectivity index is 2.65. The van der Waals surface area contributed by atoms with Crippen LogP contribution in [0.4, 0.5) is 0 Å². The second-order valence-electron chi connectivity index (χ2n) is 2.60. The van der Waals surface area contributed by atoms with Crippen molar-refractivity contribution in [2.45, 2.75) is 13.5 Å². The first kappa shape index (κ1) is 10.2. The van der Waals surface area contributed by atoms with Crippen molar-refractivity contribution >= 4 is 11.6 Å². The molecule has 1 rings (SSSR count). The van der Waals surface area contributed by atoms with Gasteiger partial charge in [-0.15, -0.1) is 0 Å². The third-order valence-corrected chi connectivity index (χ3v) is 1.80. The lowest BCUT2D eigenvalue weighted by molar-refractivity contribution is 0.588. The van der Waals surface area contributed by atoms with Crippen LogP contribution in [0.5, 0.6) is 0 Å². The van der Waals surface area contributed by atoms with E-state index < -0.39 is 0 Å². The summed E-state index contributed by atoms with van der Waals surface area (Å²) < 4.78 is 1.49. The molecule has 0 saturated heterocycles. The van der Waals surface area contributed by atoms with Crippen LogP contribution in [0.25, 0.3) is 0 Å². The fourth-order valence-corrected chi connectivity index (χ4v) is 1.13. The molecule has 0 unspecified atom stereocenters. The van der Waals surface area contributed by atoms with E-state index in [0.29, 0.717) is 11.6 Å². The monoisotopic (exact) mass is 201 g/mol. The lowest BCUT2D eigenvalue weighted by Gasteiger charge is -2.04. The Morgan fingerprint density at radius 3 is 3.15 bits per heavy atom. The predicted molar refractivity (Wildman–Crippen MR) is 52.1 cm³/mol. The van der Waals surface area contributed by atoms with Gasteiger partial charge in [-0.25, -0.2) is 9.78 Å². The summed E-state index contributed by atoms with van der Waals surface area (Å²) in [6.45, 7) is 4.25. The number of hydrogen-bond donors (Lipinski definition) is 1. The molecule has 0 radical (unpaired) electrons. The number of aromatic nitrogens is 2. The van der Waals surface area contributed by atoms with Crippen molar-refractivity contribution < 1.29 is 0 Å². The maximum atomic E-state index is 11.1. The summed E-state index contributed by atoms with van der Waals surface area (Å²) in [6.07, 6.45) is 2.95. The zero-order chi connectivity index (χ0) is 9.68. The van der Waals surface area contributed by atoms with E-state index in [1.165, 1.54) is 10.8 Å². The van der Waals surface area contributed by atoms with E-state index in [4.69, 9.17) is 11.6 Å². The zero-order valence-corrected chi connectivity index (χ0v) is 8.21. The fraction of sp³-hybridized carbons (Fsp3) is 0.500. The van der Waals surface area contributed by atoms with Crippen molar-refractivity contribution in [3.05, 3.63) is 27.9 Å². The molecule has 1 aromatic rings. The predicted octanol–water partition coefficient (Wildman–Crippen LogP) is 0.506. The van der Waals surface area contributed by atoms with Gasteiger partial charge >= 0.3 is 5.69 Å². The van der Waals surface area contributed by atoms with Gasteiger partial charge in [0, 0.05) is 19.3 Å². The van der Waals surface area contributed by atoms with Crippen molar-refractivity contribution in [3.8, 4) is 0 Å². The fourth-order valence-electron chi connectivity index (χ4n) is 0.965. The van der Waals surface area contributed by atoms with E-state index in [2.05, 4.69) is 10.3 Å². The molecule has 0 amide bonds. The normalized spacial score (nSPS) is 10.3. The topological polar surface area (TPSA) is 46.9 Å². The summed E-state index contributed by atoms with van der Waals surface area (Å²) in [6, 6.07) is 0. The van der Waals surface area contributed by atoms with Crippen molar-refractivity contribution in [2.24, 2.45) is 0 Å². The van der Waals surface area contributed by atoms with Crippen LogP contribution in [0.1, 0.15) is 6.92 Å². The van der Waals surface area contributed by atoms with Crippen molar-refractivity contribution in [3.63, 3.8) is 0 Å². The van der Waals surface area contributed by atoms with Crippen LogP contribution in [0.15, 0.2) is 17.2 Å². The molecule has 0 bridgehead atoms. The van der Waals surface area contributed by atoms with Gasteiger partial charge in [0.15, 0.2) is 0 Å². The van der Waals surface area contributed by atoms with E-state index in [1.54, 1.807) is 6.20 Å². The molecule has 1 N–H and O–H groups in total. The molecule has 0 spiro atoms. The van der Waals surface area contributed by atoms with Crippen molar-refractivity contribution in [1.29, 1.82) is 0 Å². The van der Waals surface area contributed by atoms with Crippen LogP contribution in [-0.4, -0.2) is 22.6 Å². The molecule has 1 heterocycles. The molecular weight excluding hydrogens is 190 g/mol. The number of likely N-dealkylation sites (N-methyl/N-ethyl adjacent to an activating group) is 1. The van der Waals surface area contributed by atoms with Gasteiger partial charge in [0.05, 0.1) is 11.2 Å². The molecule has 5 heteroatoms. The molecular formula is C8H12ClN3O. The maximum Gasteiger partial charge on any atom is 0.347 e. The lowest BCUT2D eigenvalue weighted by atomic mass is 10.5. The highest BCUT2D eigenvalue weighted by Gasteiger charge is 1.96. The number of hydrogen-bond acceptors (Lipinski definition) is 3. The summed E-state index contributed by atoms with van der Waals surface area (Å²) in [5.41, 5.74) is -0.262. The molecule has 72 valence electrons. The Morgan fingerprint density at radius 1 is 1.69 bits per heavy atom. The minimum absolute atomic E-state index is 0.262. The van der Waals surface area contributed by atoms with Crippen LogP contribution in [-0.2, 0) is 6.54 Å². The third-order valence-electron chi connectivity index (χ3n) is 1.60. The molecule has 1 aromatic heterocycles. The summed E-state index contributed by atoms with van der Waals surface area (Å²) in [4.78, 5) is 14.7. The first-order chi connectivity index (χ1) is 6.24. The Bertz CT molecular complexity index is 323. The van der Waals surface area contributed by atoms with Gasteiger partial charge in [0.1, 0.15) is 0 Å². The second-order valence-corrected chi connectivity index (χ2v) is 3.04. The number of nitrogens with zero attached hydrogens (tertiary/aromatic N) is 2. The SMILES string of the molecule is CCNCCn1cc(Cl)cnc1=O. The Labute approximate surface area is 81.6 Å². The summed E-state index contributed by atoms with van der Waals surface area (Å²) in [7, 11) is 0. The van der Waals surface area contributed by atoms with Crippen LogP contribution < -0.4 is 11.0 Å². The summed E-state index contributed by atoms with van der Waals surface area (Å²) in [5, 5.41) is 3.60. The average Bonchev–Trinajstić information content (AvgIpc) is 2.11. The van der Waals surface area contributed by atoms with Gasteiger partial charge in [0.25, 0.3) is 0 Å². The summed E-state index contributed by atoms with van der Waals surface area (Å²) >= 11 is 5.69. The van der Waals surface area contributed by atoms with Gasteiger partial charge in [-0.05, 0) is 6.54 Å². The molecule has 0 aliphatic heterocycles. The first-order valence-electron chi connectivity index (χ1n) is 4.16. The zero-order valence-electron chi connectivity index (χ0n) is 7.46. The van der Waals surface area contributed by atoms with E-state index in [9.17, 15) is 4.79 Å². The molecule has 0 saturated carbocycles. The van der Waals surface area contributed by atoms with Crippen LogP contribution in [0.3, 0.4) is 0 Å². The lowest BCUT2D eigenvalue weighted by Crippen LogP contribution is -2.27. The van der Waals surface area contributed by atoms with E-state index in [-0.39, 0.29) is 5.69 Å². The standard InChI is InChI=1S/C8H12ClN3O/c1-2-10-3-4-12-6-7(9)5-11-8(12)13/h5-6,10H,2-4H2,1H3. The average molecular weight is 202 g/mol. The van der Waals surface area contributed by atoms with Gasteiger partial charge < -0.3 is 5.32 Å². The minimum atomic E-state index is -0.262. The highest BCUT2D eigenvalue weighted by molar-refractivity contribution is 6.30. The van der Waals surface area contributed by atoms with Crippen LogP contribution in [0.2, 0.25) is 5.02 Å². The van der Waals surface area contributed by atoms with Crippen molar-refractivity contribution in [2.75, 3.05) is 13.1 Å². The molecule has 0 aliphatic rings. The summed E-state index contributed by atoms with van der Waals surface area (Å²) in [5.74, 6) is 0. The van der Waals surface area contributed by atoms with Gasteiger partial charge in [-0.3, -0.25) is 4.57 Å². The largest absolute Gasteiger partial charge is 0.347 e. The Kier molecular flexibility index (Phi) is 3.92. The minimum Gasteiger partial charge on any atom is -0.315 e.